The van der Waals surface area contributed by atoms with Crippen LogP contribution in [0.15, 0.2) is 0 Å². The summed E-state index contributed by atoms with van der Waals surface area (Å²) in [6.07, 6.45) is -4.99. The van der Waals surface area contributed by atoms with Gasteiger partial charge in [0.1, 0.15) is 0 Å². The topological polar surface area (TPSA) is 74.6 Å². The molecule has 1 saturated carbocycles. The van der Waals surface area contributed by atoms with Crippen molar-refractivity contribution >= 4 is 11.9 Å². The fraction of sp³-hybridized carbons (Fsp3) is 0.750. The summed E-state index contributed by atoms with van der Waals surface area (Å²) in [6.45, 7) is 0. The smallest absolute Gasteiger partial charge is 0.306 e. The van der Waals surface area contributed by atoms with E-state index in [9.17, 15) is 9.59 Å². The fourth-order valence-corrected chi connectivity index (χ4v) is 1.02. The highest BCUT2D eigenvalue weighted by molar-refractivity contribution is 5.72. The summed E-state index contributed by atoms with van der Waals surface area (Å²) >= 11 is 0. The Morgan fingerprint density at radius 2 is 2.00 bits per heavy atom. The SMILES string of the molecule is [2H]C1C(C(=O)O)CCC([2H])(C(=O)O)C1([2H])[2H]. The van der Waals surface area contributed by atoms with Crippen LogP contribution in [0.4, 0.5) is 0 Å². The molecule has 0 bridgehead atoms. The normalized spacial score (nSPS) is 51.0. The maximum absolute atomic E-state index is 10.9. The fourth-order valence-electron chi connectivity index (χ4n) is 1.02. The van der Waals surface area contributed by atoms with Gasteiger partial charge in [-0.2, -0.15) is 0 Å². The molecule has 12 heavy (non-hydrogen) atoms. The predicted octanol–water partition coefficient (Wildman–Crippen LogP) is 0.962. The number of rotatable bonds is 2. The van der Waals surface area contributed by atoms with Crippen molar-refractivity contribution in [2.24, 2.45) is 11.8 Å². The molecule has 0 radical (unpaired) electrons. The van der Waals surface area contributed by atoms with Crippen molar-refractivity contribution in [3.05, 3.63) is 0 Å². The van der Waals surface area contributed by atoms with E-state index >= 15 is 0 Å². The second-order valence-corrected chi connectivity index (χ2v) is 2.58. The molecule has 4 heteroatoms. The van der Waals surface area contributed by atoms with Gasteiger partial charge in [-0.3, -0.25) is 9.59 Å². The minimum absolute atomic E-state index is 0.168. The summed E-state index contributed by atoms with van der Waals surface area (Å²) in [5, 5.41) is 17.6. The van der Waals surface area contributed by atoms with E-state index < -0.39 is 42.9 Å². The van der Waals surface area contributed by atoms with Gasteiger partial charge in [0.05, 0.1) is 11.8 Å². The molecule has 1 fully saturated rings. The first-order valence-electron chi connectivity index (χ1n) is 5.61. The molecular weight excluding hydrogens is 160 g/mol. The molecule has 3 atom stereocenters. The van der Waals surface area contributed by atoms with E-state index in [1.54, 1.807) is 0 Å². The van der Waals surface area contributed by atoms with E-state index in [0.717, 1.165) is 0 Å². The average molecular weight is 176 g/mol. The Hall–Kier alpha value is -1.06. The summed E-state index contributed by atoms with van der Waals surface area (Å²) < 4.78 is 30.0. The number of carboxylic acids is 2. The van der Waals surface area contributed by atoms with Crippen molar-refractivity contribution in [1.29, 1.82) is 0 Å². The molecule has 1 aliphatic carbocycles. The number of aliphatic carboxylic acids is 2. The van der Waals surface area contributed by atoms with Crippen LogP contribution >= 0.6 is 0 Å². The van der Waals surface area contributed by atoms with Gasteiger partial charge in [-0.05, 0) is 25.6 Å². The highest BCUT2D eigenvalue weighted by Crippen LogP contribution is 2.28. The van der Waals surface area contributed by atoms with Crippen molar-refractivity contribution in [2.45, 2.75) is 25.6 Å². The van der Waals surface area contributed by atoms with Gasteiger partial charge in [-0.1, -0.05) is 0 Å². The molecule has 68 valence electrons. The van der Waals surface area contributed by atoms with Gasteiger partial charge in [0.15, 0.2) is 0 Å². The minimum atomic E-state index is -2.68. The Morgan fingerprint density at radius 1 is 1.33 bits per heavy atom. The lowest BCUT2D eigenvalue weighted by molar-refractivity contribution is -0.148. The summed E-state index contributed by atoms with van der Waals surface area (Å²) in [5.74, 6) is -6.67. The van der Waals surface area contributed by atoms with Crippen LogP contribution in [0.5, 0.6) is 0 Å². The molecule has 0 heterocycles. The monoisotopic (exact) mass is 176 g/mol. The zero-order chi connectivity index (χ0) is 12.7. The van der Waals surface area contributed by atoms with Crippen molar-refractivity contribution in [1.82, 2.24) is 0 Å². The molecular formula is C8H12O4. The number of carbonyl (C=O) groups is 2. The third kappa shape index (κ3) is 1.96. The van der Waals surface area contributed by atoms with Crippen LogP contribution < -0.4 is 0 Å². The Morgan fingerprint density at radius 3 is 2.50 bits per heavy atom. The highest BCUT2D eigenvalue weighted by Gasteiger charge is 2.29. The summed E-state index contributed by atoms with van der Waals surface area (Å²) in [7, 11) is 0. The summed E-state index contributed by atoms with van der Waals surface area (Å²) in [6, 6.07) is 0. The molecule has 3 unspecified atom stereocenters. The van der Waals surface area contributed by atoms with E-state index in [1.165, 1.54) is 0 Å². The lowest BCUT2D eigenvalue weighted by Gasteiger charge is -2.22. The Balaban J connectivity index is 3.10. The first-order valence-corrected chi connectivity index (χ1v) is 3.53. The number of hydrogen-bond acceptors (Lipinski definition) is 2. The van der Waals surface area contributed by atoms with Crippen LogP contribution in [0.2, 0.25) is 0 Å². The van der Waals surface area contributed by atoms with Crippen molar-refractivity contribution in [2.75, 3.05) is 0 Å². The number of carboxylic acid groups (broad SMARTS) is 2. The van der Waals surface area contributed by atoms with Crippen LogP contribution in [-0.4, -0.2) is 22.2 Å². The Bertz CT molecular complexity index is 332. The molecule has 0 amide bonds. The Kier molecular flexibility index (Phi) is 1.44. The molecule has 0 saturated heterocycles. The first kappa shape index (κ1) is 4.84. The van der Waals surface area contributed by atoms with Gasteiger partial charge >= 0.3 is 11.9 Å². The van der Waals surface area contributed by atoms with Crippen LogP contribution in [0, 0.1) is 11.8 Å². The van der Waals surface area contributed by atoms with Gasteiger partial charge < -0.3 is 10.2 Å². The molecule has 0 aromatic rings. The maximum atomic E-state index is 10.9. The average Bonchev–Trinajstić information content (AvgIpc) is 2.14. The van der Waals surface area contributed by atoms with E-state index in [-0.39, 0.29) is 6.42 Å². The van der Waals surface area contributed by atoms with Crippen LogP contribution in [0.25, 0.3) is 0 Å². The predicted molar refractivity (Wildman–Crippen MR) is 40.7 cm³/mol. The first-order chi connectivity index (χ1) is 7.14. The highest BCUT2D eigenvalue weighted by atomic mass is 16.4. The Labute approximate surface area is 75.8 Å². The van der Waals surface area contributed by atoms with E-state index in [1.807, 2.05) is 0 Å². The number of hydrogen-bond donors (Lipinski definition) is 2. The van der Waals surface area contributed by atoms with Gasteiger partial charge in [-0.25, -0.2) is 0 Å². The van der Waals surface area contributed by atoms with Crippen molar-refractivity contribution in [3.8, 4) is 0 Å². The zero-order valence-corrected chi connectivity index (χ0v) is 6.28. The third-order valence-corrected chi connectivity index (χ3v) is 1.74. The maximum Gasteiger partial charge on any atom is 0.306 e. The second-order valence-electron chi connectivity index (χ2n) is 2.58. The lowest BCUT2D eigenvalue weighted by Crippen LogP contribution is -2.25. The molecule has 4 nitrogen and oxygen atoms in total. The van der Waals surface area contributed by atoms with Crippen LogP contribution in [0.3, 0.4) is 0 Å². The van der Waals surface area contributed by atoms with Crippen molar-refractivity contribution < 1.29 is 25.3 Å². The molecule has 0 aromatic heterocycles. The standard InChI is InChI=1S/C8H12O4/c9-7(10)5-1-2-6(4-3-5)8(11)12/h5-6H,1-4H2,(H,9,10)(H,11,12)/i1D,2D2,6D. The van der Waals surface area contributed by atoms with Crippen molar-refractivity contribution in [3.63, 3.8) is 0 Å². The molecule has 1 aliphatic rings. The third-order valence-electron chi connectivity index (χ3n) is 1.74. The molecule has 2 N–H and O–H groups in total. The van der Waals surface area contributed by atoms with E-state index in [2.05, 4.69) is 0 Å². The molecule has 0 aromatic carbocycles. The minimum Gasteiger partial charge on any atom is -0.481 e. The quantitative estimate of drug-likeness (QED) is 0.657. The summed E-state index contributed by atoms with van der Waals surface area (Å²) in [5.41, 5.74) is 0. The lowest BCUT2D eigenvalue weighted by atomic mass is 9.82. The summed E-state index contributed by atoms with van der Waals surface area (Å²) in [4.78, 5) is 21.6. The zero-order valence-electron chi connectivity index (χ0n) is 10.3. The van der Waals surface area contributed by atoms with Gasteiger partial charge in [0.25, 0.3) is 0 Å². The van der Waals surface area contributed by atoms with Gasteiger partial charge in [-0.15, -0.1) is 0 Å². The van der Waals surface area contributed by atoms with Gasteiger partial charge in [0, 0.05) is 5.48 Å². The molecule has 1 rings (SSSR count). The molecule has 0 spiro atoms. The second kappa shape index (κ2) is 3.56. The largest absolute Gasteiger partial charge is 0.481 e. The molecule has 0 aliphatic heterocycles. The van der Waals surface area contributed by atoms with E-state index in [0.29, 0.717) is 0 Å². The van der Waals surface area contributed by atoms with E-state index in [4.69, 9.17) is 15.7 Å². The van der Waals surface area contributed by atoms with Crippen LogP contribution in [0.1, 0.15) is 31.1 Å². The van der Waals surface area contributed by atoms with Gasteiger partial charge in [0.2, 0.25) is 0 Å². The van der Waals surface area contributed by atoms with Crippen LogP contribution in [-0.2, 0) is 9.59 Å².